The molecule has 0 saturated carbocycles. The number of hydrogen-bond acceptors (Lipinski definition) is 6. The highest BCUT2D eigenvalue weighted by Gasteiger charge is 2.39. The summed E-state index contributed by atoms with van der Waals surface area (Å²) in [7, 11) is 3.03. The topological polar surface area (TPSA) is 77.1 Å². The molecule has 2 aromatic carbocycles. The number of nitrogens with zero attached hydrogens (tertiary/aromatic N) is 1. The van der Waals surface area contributed by atoms with Gasteiger partial charge >= 0.3 is 0 Å². The summed E-state index contributed by atoms with van der Waals surface area (Å²) in [5, 5.41) is 3.05. The molecule has 1 aliphatic rings. The molecule has 0 unspecified atom stereocenters. The predicted octanol–water partition coefficient (Wildman–Crippen LogP) is 3.85. The van der Waals surface area contributed by atoms with Crippen LogP contribution < -0.4 is 14.8 Å². The van der Waals surface area contributed by atoms with E-state index in [0.717, 1.165) is 0 Å². The molecule has 1 aliphatic heterocycles. The molecular weight excluding hydrogens is 415 g/mol. The van der Waals surface area contributed by atoms with Crippen molar-refractivity contribution in [3.63, 3.8) is 0 Å². The molecule has 0 fully saturated rings. The molecule has 0 atom stereocenters. The number of amides is 2. The molecule has 32 heavy (non-hydrogen) atoms. The molecule has 0 spiro atoms. The second kappa shape index (κ2) is 10.3. The van der Waals surface area contributed by atoms with Crippen LogP contribution >= 0.6 is 0 Å². The van der Waals surface area contributed by atoms with E-state index in [9.17, 15) is 14.0 Å². The van der Waals surface area contributed by atoms with Crippen LogP contribution in [0.25, 0.3) is 5.57 Å². The van der Waals surface area contributed by atoms with Gasteiger partial charge in [-0.25, -0.2) is 4.39 Å². The molecular formula is C24H27FN2O5. The molecule has 1 N–H and O–H groups in total. The van der Waals surface area contributed by atoms with Crippen molar-refractivity contribution < 1.29 is 28.2 Å². The molecule has 0 radical (unpaired) electrons. The van der Waals surface area contributed by atoms with Crippen LogP contribution in [0.2, 0.25) is 0 Å². The monoisotopic (exact) mass is 442 g/mol. The largest absolute Gasteiger partial charge is 0.497 e. The maximum absolute atomic E-state index is 13.5. The average molecular weight is 442 g/mol. The quantitative estimate of drug-likeness (QED) is 0.445. The van der Waals surface area contributed by atoms with E-state index < -0.39 is 17.6 Å². The third-order valence-corrected chi connectivity index (χ3v) is 4.94. The predicted molar refractivity (Wildman–Crippen MR) is 119 cm³/mol. The molecule has 0 bridgehead atoms. The number of carbonyl (C=O) groups excluding carboxylic acids is 2. The number of rotatable bonds is 10. The Morgan fingerprint density at radius 2 is 1.72 bits per heavy atom. The normalized spacial score (nSPS) is 13.9. The van der Waals surface area contributed by atoms with Crippen LogP contribution in [0.15, 0.2) is 48.2 Å². The number of imide groups is 1. The average Bonchev–Trinajstić information content (AvgIpc) is 3.01. The van der Waals surface area contributed by atoms with Crippen molar-refractivity contribution in [2.24, 2.45) is 0 Å². The Balaban J connectivity index is 1.97. The summed E-state index contributed by atoms with van der Waals surface area (Å²) in [4.78, 5) is 27.7. The third-order valence-electron chi connectivity index (χ3n) is 4.94. The Labute approximate surface area is 186 Å². The Morgan fingerprint density at radius 3 is 2.34 bits per heavy atom. The summed E-state index contributed by atoms with van der Waals surface area (Å²) in [6.45, 7) is 4.47. The van der Waals surface area contributed by atoms with Crippen molar-refractivity contribution in [3.05, 3.63) is 59.5 Å². The Morgan fingerprint density at radius 1 is 1.00 bits per heavy atom. The van der Waals surface area contributed by atoms with Crippen LogP contribution in [0.5, 0.6) is 11.5 Å². The number of anilines is 1. The van der Waals surface area contributed by atoms with Crippen LogP contribution in [0.3, 0.4) is 0 Å². The van der Waals surface area contributed by atoms with Gasteiger partial charge < -0.3 is 19.5 Å². The van der Waals surface area contributed by atoms with Crippen molar-refractivity contribution in [2.75, 3.05) is 32.7 Å². The standard InChI is InChI=1S/C24H27FN2O5/c1-15(2)32-13-5-12-27-23(28)21(16-6-8-17(25)9-7-16)22(24(27)29)26-19-14-18(30-3)10-11-20(19)31-4/h6-11,14-15,26H,5,12-13H2,1-4H3. The summed E-state index contributed by atoms with van der Waals surface area (Å²) in [6.07, 6.45) is 0.563. The van der Waals surface area contributed by atoms with Gasteiger partial charge in [-0.15, -0.1) is 0 Å². The fourth-order valence-electron chi connectivity index (χ4n) is 3.37. The van der Waals surface area contributed by atoms with Gasteiger partial charge in [-0.1, -0.05) is 12.1 Å². The molecule has 1 heterocycles. The van der Waals surface area contributed by atoms with E-state index in [4.69, 9.17) is 14.2 Å². The zero-order chi connectivity index (χ0) is 23.3. The maximum Gasteiger partial charge on any atom is 0.278 e. The number of carbonyl (C=O) groups is 2. The first-order chi connectivity index (χ1) is 15.3. The minimum Gasteiger partial charge on any atom is -0.497 e. The first-order valence-corrected chi connectivity index (χ1v) is 10.3. The number of ether oxygens (including phenoxy) is 3. The van der Waals surface area contributed by atoms with Crippen molar-refractivity contribution in [3.8, 4) is 11.5 Å². The van der Waals surface area contributed by atoms with E-state index in [-0.39, 0.29) is 23.9 Å². The molecule has 0 saturated heterocycles. The molecule has 7 nitrogen and oxygen atoms in total. The summed E-state index contributed by atoms with van der Waals surface area (Å²) in [6, 6.07) is 10.6. The van der Waals surface area contributed by atoms with Gasteiger partial charge in [0.15, 0.2) is 0 Å². The van der Waals surface area contributed by atoms with Gasteiger partial charge in [0.1, 0.15) is 23.0 Å². The van der Waals surface area contributed by atoms with Gasteiger partial charge in [-0.3, -0.25) is 14.5 Å². The highest BCUT2D eigenvalue weighted by molar-refractivity contribution is 6.36. The number of benzene rings is 2. The fraction of sp³-hybridized carbons (Fsp3) is 0.333. The molecule has 8 heteroatoms. The van der Waals surface area contributed by atoms with Crippen LogP contribution in [0.1, 0.15) is 25.8 Å². The lowest BCUT2D eigenvalue weighted by atomic mass is 10.0. The van der Waals surface area contributed by atoms with E-state index in [0.29, 0.717) is 35.8 Å². The third kappa shape index (κ3) is 5.08. The highest BCUT2D eigenvalue weighted by Crippen LogP contribution is 2.35. The minimum atomic E-state index is -0.469. The minimum absolute atomic E-state index is 0.0608. The van der Waals surface area contributed by atoms with E-state index >= 15 is 0 Å². The van der Waals surface area contributed by atoms with E-state index in [1.54, 1.807) is 18.2 Å². The van der Waals surface area contributed by atoms with Gasteiger partial charge in [-0.2, -0.15) is 0 Å². The number of methoxy groups -OCH3 is 2. The number of halogens is 1. The SMILES string of the molecule is COc1ccc(OC)c(NC2=C(c3ccc(F)cc3)C(=O)N(CCCOC(C)C)C2=O)c1. The molecule has 2 aromatic rings. The Kier molecular flexibility index (Phi) is 7.48. The first kappa shape index (κ1) is 23.3. The lowest BCUT2D eigenvalue weighted by Crippen LogP contribution is -2.34. The summed E-state index contributed by atoms with van der Waals surface area (Å²) >= 11 is 0. The smallest absolute Gasteiger partial charge is 0.278 e. The number of nitrogens with one attached hydrogen (secondary N) is 1. The molecule has 170 valence electrons. The van der Waals surface area contributed by atoms with Crippen molar-refractivity contribution in [1.29, 1.82) is 0 Å². The van der Waals surface area contributed by atoms with E-state index in [1.807, 2.05) is 13.8 Å². The number of hydrogen-bond donors (Lipinski definition) is 1. The van der Waals surface area contributed by atoms with Gasteiger partial charge in [0, 0.05) is 19.2 Å². The lowest BCUT2D eigenvalue weighted by molar-refractivity contribution is -0.137. The van der Waals surface area contributed by atoms with Gasteiger partial charge in [0.05, 0.1) is 31.6 Å². The van der Waals surface area contributed by atoms with Crippen molar-refractivity contribution >= 4 is 23.1 Å². The van der Waals surface area contributed by atoms with Gasteiger partial charge in [0.25, 0.3) is 11.8 Å². The van der Waals surface area contributed by atoms with Gasteiger partial charge in [-0.05, 0) is 50.1 Å². The molecule has 0 aromatic heterocycles. The van der Waals surface area contributed by atoms with Gasteiger partial charge in [0.2, 0.25) is 0 Å². The zero-order valence-electron chi connectivity index (χ0n) is 18.6. The van der Waals surface area contributed by atoms with Crippen LogP contribution in [-0.4, -0.2) is 50.2 Å². The summed E-state index contributed by atoms with van der Waals surface area (Å²) in [5.41, 5.74) is 1.17. The van der Waals surface area contributed by atoms with Crippen molar-refractivity contribution in [1.82, 2.24) is 4.90 Å². The summed E-state index contributed by atoms with van der Waals surface area (Å²) in [5.74, 6) is -0.325. The van der Waals surface area contributed by atoms with Crippen LogP contribution in [-0.2, 0) is 14.3 Å². The fourth-order valence-corrected chi connectivity index (χ4v) is 3.37. The molecule has 2 amide bonds. The van der Waals surface area contributed by atoms with Crippen LogP contribution in [0, 0.1) is 5.82 Å². The van der Waals surface area contributed by atoms with Crippen LogP contribution in [0.4, 0.5) is 10.1 Å². The lowest BCUT2D eigenvalue weighted by Gasteiger charge is -2.16. The van der Waals surface area contributed by atoms with E-state index in [1.165, 1.54) is 43.4 Å². The second-order valence-electron chi connectivity index (χ2n) is 7.48. The Hall–Kier alpha value is -3.39. The van der Waals surface area contributed by atoms with E-state index in [2.05, 4.69) is 5.32 Å². The Bertz CT molecular complexity index is 1020. The second-order valence-corrected chi connectivity index (χ2v) is 7.48. The first-order valence-electron chi connectivity index (χ1n) is 10.3. The summed E-state index contributed by atoms with van der Waals surface area (Å²) < 4.78 is 29.7. The van der Waals surface area contributed by atoms with Crippen molar-refractivity contribution in [2.45, 2.75) is 26.4 Å². The maximum atomic E-state index is 13.5. The zero-order valence-corrected chi connectivity index (χ0v) is 18.6. The molecule has 0 aliphatic carbocycles. The molecule has 3 rings (SSSR count). The highest BCUT2D eigenvalue weighted by atomic mass is 19.1.